The van der Waals surface area contributed by atoms with Crippen LogP contribution in [0.2, 0.25) is 0 Å². The number of hydrogen-bond donors (Lipinski definition) is 2. The number of ether oxygens (including phenoxy) is 1. The Morgan fingerprint density at radius 1 is 1.00 bits per heavy atom. The topological polar surface area (TPSA) is 100 Å². The number of aliphatic hydroxyl groups excluding tert-OH is 1. The van der Waals surface area contributed by atoms with Crippen LogP contribution in [0.3, 0.4) is 0 Å². The Kier molecular flexibility index (Phi) is 8.31. The lowest BCUT2D eigenvalue weighted by molar-refractivity contribution is -0.125. The molecule has 8 heteroatoms. The van der Waals surface area contributed by atoms with Crippen molar-refractivity contribution < 1.29 is 24.3 Å². The molecule has 0 aliphatic carbocycles. The average molecular weight is 488 g/mol. The summed E-state index contributed by atoms with van der Waals surface area (Å²) in [5.41, 5.74) is 3.12. The van der Waals surface area contributed by atoms with Crippen LogP contribution < -0.4 is 10.1 Å². The third-order valence-corrected chi connectivity index (χ3v) is 5.88. The van der Waals surface area contributed by atoms with Crippen molar-refractivity contribution in [1.82, 2.24) is 10.2 Å². The minimum atomic E-state index is -0.905. The number of nitrogens with zero attached hydrogens (tertiary/aromatic N) is 2. The van der Waals surface area contributed by atoms with Gasteiger partial charge in [-0.25, -0.2) is 0 Å². The van der Waals surface area contributed by atoms with E-state index in [0.29, 0.717) is 17.0 Å². The number of amides is 2. The molecule has 2 atom stereocenters. The van der Waals surface area contributed by atoms with Gasteiger partial charge in [-0.15, -0.1) is 0 Å². The zero-order valence-electron chi connectivity index (χ0n) is 20.0. The van der Waals surface area contributed by atoms with Crippen molar-refractivity contribution in [2.75, 3.05) is 26.8 Å². The molecule has 1 aliphatic heterocycles. The summed E-state index contributed by atoms with van der Waals surface area (Å²) in [5.74, 6) is -0.0116. The monoisotopic (exact) mass is 487 g/mol. The van der Waals surface area contributed by atoms with Crippen molar-refractivity contribution in [2.24, 2.45) is 5.16 Å². The van der Waals surface area contributed by atoms with E-state index < -0.39 is 12.1 Å². The van der Waals surface area contributed by atoms with Crippen LogP contribution in [0.25, 0.3) is 11.1 Å². The molecule has 8 nitrogen and oxygen atoms in total. The number of rotatable bonds is 9. The number of carbonyl (C=O) groups is 2. The fourth-order valence-corrected chi connectivity index (χ4v) is 4.05. The first-order valence-corrected chi connectivity index (χ1v) is 11.7. The van der Waals surface area contributed by atoms with Crippen LogP contribution >= 0.6 is 0 Å². The van der Waals surface area contributed by atoms with Crippen LogP contribution in [-0.4, -0.2) is 66.5 Å². The Labute approximate surface area is 210 Å². The molecule has 186 valence electrons. The highest BCUT2D eigenvalue weighted by Crippen LogP contribution is 2.23. The van der Waals surface area contributed by atoms with Gasteiger partial charge in [0, 0.05) is 18.5 Å². The Balaban J connectivity index is 1.39. The SMILES string of the molecule is CO/N=C1\CC(C(=O)NCC(O)COc2ccccc2)N(C(=O)c2ccc(-c3ccccc3)cc2)C1. The second-order valence-electron chi connectivity index (χ2n) is 8.46. The van der Waals surface area contributed by atoms with E-state index in [2.05, 4.69) is 10.5 Å². The van der Waals surface area contributed by atoms with Gasteiger partial charge in [0.1, 0.15) is 31.6 Å². The molecule has 3 aromatic carbocycles. The Hall–Kier alpha value is -4.17. The van der Waals surface area contributed by atoms with Gasteiger partial charge in [0.2, 0.25) is 5.91 Å². The van der Waals surface area contributed by atoms with Gasteiger partial charge in [0.05, 0.1) is 12.3 Å². The zero-order chi connectivity index (χ0) is 25.3. The van der Waals surface area contributed by atoms with Crippen molar-refractivity contribution in [3.63, 3.8) is 0 Å². The lowest BCUT2D eigenvalue weighted by Gasteiger charge is -2.24. The van der Waals surface area contributed by atoms with Crippen molar-refractivity contribution in [3.05, 3.63) is 90.5 Å². The van der Waals surface area contributed by atoms with E-state index in [1.807, 2.05) is 60.7 Å². The number of hydrogen-bond acceptors (Lipinski definition) is 6. The standard InChI is InChI=1S/C28H29N3O5/c1-35-30-23-16-26(27(33)29-17-24(32)19-36-25-10-6-3-7-11-25)31(18-23)28(34)22-14-12-21(13-15-22)20-8-4-2-5-9-20/h2-15,24,26,32H,16-19H2,1H3,(H,29,33)/b30-23+. The molecule has 4 rings (SSSR count). The van der Waals surface area contributed by atoms with E-state index in [1.54, 1.807) is 24.3 Å². The van der Waals surface area contributed by atoms with E-state index in [1.165, 1.54) is 12.0 Å². The van der Waals surface area contributed by atoms with Gasteiger partial charge in [-0.05, 0) is 35.4 Å². The van der Waals surface area contributed by atoms with Crippen LogP contribution in [-0.2, 0) is 9.63 Å². The van der Waals surface area contributed by atoms with Crippen LogP contribution in [0.5, 0.6) is 5.75 Å². The minimum absolute atomic E-state index is 0.00722. The van der Waals surface area contributed by atoms with Gasteiger partial charge >= 0.3 is 0 Å². The fraction of sp³-hybridized carbons (Fsp3) is 0.250. The van der Waals surface area contributed by atoms with Gasteiger partial charge < -0.3 is 24.9 Å². The number of aliphatic hydroxyl groups is 1. The van der Waals surface area contributed by atoms with E-state index in [9.17, 15) is 14.7 Å². The molecule has 1 aliphatic rings. The summed E-state index contributed by atoms with van der Waals surface area (Å²) in [6, 6.07) is 25.5. The number of benzene rings is 3. The number of oxime groups is 1. The van der Waals surface area contributed by atoms with Gasteiger partial charge in [-0.2, -0.15) is 0 Å². The second-order valence-corrected chi connectivity index (χ2v) is 8.46. The molecule has 2 amide bonds. The molecular formula is C28H29N3O5. The fourth-order valence-electron chi connectivity index (χ4n) is 4.05. The smallest absolute Gasteiger partial charge is 0.254 e. The molecule has 1 fully saturated rings. The van der Waals surface area contributed by atoms with Crippen molar-refractivity contribution in [3.8, 4) is 16.9 Å². The molecule has 0 radical (unpaired) electrons. The molecule has 36 heavy (non-hydrogen) atoms. The minimum Gasteiger partial charge on any atom is -0.491 e. The molecule has 0 spiro atoms. The van der Waals surface area contributed by atoms with Crippen molar-refractivity contribution >= 4 is 17.5 Å². The third kappa shape index (κ3) is 6.28. The van der Waals surface area contributed by atoms with Crippen molar-refractivity contribution in [2.45, 2.75) is 18.6 Å². The first-order valence-electron chi connectivity index (χ1n) is 11.7. The number of likely N-dealkylation sites (tertiary alicyclic amines) is 1. The molecule has 3 aromatic rings. The van der Waals surface area contributed by atoms with E-state index in [0.717, 1.165) is 11.1 Å². The van der Waals surface area contributed by atoms with E-state index >= 15 is 0 Å². The lowest BCUT2D eigenvalue weighted by Crippen LogP contribution is -2.48. The summed E-state index contributed by atoms with van der Waals surface area (Å²) >= 11 is 0. The highest BCUT2D eigenvalue weighted by Gasteiger charge is 2.38. The molecule has 0 saturated carbocycles. The van der Waals surface area contributed by atoms with Crippen LogP contribution in [0, 0.1) is 0 Å². The average Bonchev–Trinajstić information content (AvgIpc) is 3.35. The van der Waals surface area contributed by atoms with Crippen LogP contribution in [0.15, 0.2) is 90.1 Å². The summed E-state index contributed by atoms with van der Waals surface area (Å²) in [6.45, 7) is 0.208. The summed E-state index contributed by atoms with van der Waals surface area (Å²) in [7, 11) is 1.43. The first kappa shape index (κ1) is 24.9. The van der Waals surface area contributed by atoms with Crippen molar-refractivity contribution in [1.29, 1.82) is 0 Å². The van der Waals surface area contributed by atoms with Crippen LogP contribution in [0.4, 0.5) is 0 Å². The summed E-state index contributed by atoms with van der Waals surface area (Å²) in [5, 5.41) is 16.9. The zero-order valence-corrected chi connectivity index (χ0v) is 20.0. The maximum absolute atomic E-state index is 13.3. The largest absolute Gasteiger partial charge is 0.491 e. The van der Waals surface area contributed by atoms with Gasteiger partial charge in [-0.3, -0.25) is 9.59 Å². The number of carbonyl (C=O) groups excluding carboxylic acids is 2. The van der Waals surface area contributed by atoms with E-state index in [-0.39, 0.29) is 37.9 Å². The number of nitrogens with one attached hydrogen (secondary N) is 1. The predicted octanol–water partition coefficient (Wildman–Crippen LogP) is 3.13. The summed E-state index contributed by atoms with van der Waals surface area (Å²) in [4.78, 5) is 32.7. The molecule has 0 bridgehead atoms. The number of para-hydroxylation sites is 1. The Morgan fingerprint density at radius 2 is 1.64 bits per heavy atom. The third-order valence-electron chi connectivity index (χ3n) is 5.88. The maximum Gasteiger partial charge on any atom is 0.254 e. The van der Waals surface area contributed by atoms with Gasteiger partial charge in [-0.1, -0.05) is 65.8 Å². The van der Waals surface area contributed by atoms with E-state index in [4.69, 9.17) is 9.57 Å². The van der Waals surface area contributed by atoms with Gasteiger partial charge in [0.15, 0.2) is 0 Å². The molecule has 0 aromatic heterocycles. The van der Waals surface area contributed by atoms with Gasteiger partial charge in [0.25, 0.3) is 5.91 Å². The maximum atomic E-state index is 13.3. The molecule has 1 saturated heterocycles. The van der Waals surface area contributed by atoms with Crippen LogP contribution in [0.1, 0.15) is 16.8 Å². The highest BCUT2D eigenvalue weighted by molar-refractivity contribution is 6.05. The summed E-state index contributed by atoms with van der Waals surface area (Å²) in [6.07, 6.45) is -0.651. The predicted molar refractivity (Wildman–Crippen MR) is 137 cm³/mol. The lowest BCUT2D eigenvalue weighted by atomic mass is 10.0. The summed E-state index contributed by atoms with van der Waals surface area (Å²) < 4.78 is 5.53. The molecule has 2 unspecified atom stereocenters. The molecule has 2 N–H and O–H groups in total. The second kappa shape index (κ2) is 12.0. The Bertz CT molecular complexity index is 1180. The normalized spacial score (nSPS) is 17.0. The quantitative estimate of drug-likeness (QED) is 0.452. The first-order chi connectivity index (χ1) is 17.5. The molecular weight excluding hydrogens is 458 g/mol. The molecule has 1 heterocycles. The highest BCUT2D eigenvalue weighted by atomic mass is 16.6. The Morgan fingerprint density at radius 3 is 2.31 bits per heavy atom.